The van der Waals surface area contributed by atoms with E-state index in [1.54, 1.807) is 0 Å². The van der Waals surface area contributed by atoms with E-state index in [4.69, 9.17) is 20.4 Å². The van der Waals surface area contributed by atoms with E-state index in [1.807, 2.05) is 0 Å². The van der Waals surface area contributed by atoms with Gasteiger partial charge >= 0.3 is 158 Å². The molecule has 0 aromatic heterocycles. The predicted molar refractivity (Wildman–Crippen MR) is 80.2 cm³/mol. The second kappa shape index (κ2) is 12.5. The summed E-state index contributed by atoms with van der Waals surface area (Å²) in [5, 5.41) is 91.9. The summed E-state index contributed by atoms with van der Waals surface area (Å²) in [5.74, 6) is -3.10. The molecule has 0 aromatic carbocycles. The van der Waals surface area contributed by atoms with E-state index in [-0.39, 0.29) is 0 Å². The van der Waals surface area contributed by atoms with Crippen molar-refractivity contribution in [3.63, 3.8) is 0 Å². The summed E-state index contributed by atoms with van der Waals surface area (Å²) in [6.45, 7) is -1.94. The average molecular weight is 463 g/mol. The molecular weight excluding hydrogens is 441 g/mol. The van der Waals surface area contributed by atoms with Crippen molar-refractivity contribution in [1.29, 1.82) is 0 Å². The summed E-state index contributed by atoms with van der Waals surface area (Å²) < 4.78 is 8.70. The molecule has 0 unspecified atom stereocenters. The van der Waals surface area contributed by atoms with E-state index < -0.39 is 90.1 Å². The van der Waals surface area contributed by atoms with Crippen molar-refractivity contribution < 1.29 is 68.2 Å². The molecule has 0 aliphatic carbocycles. The third-order valence-corrected chi connectivity index (χ3v) is 4.47. The van der Waals surface area contributed by atoms with Gasteiger partial charge in [-0.25, -0.2) is 0 Å². The Balaban J connectivity index is 4.48. The molecule has 8 atom stereocenters. The zero-order valence-corrected chi connectivity index (χ0v) is 15.7. The summed E-state index contributed by atoms with van der Waals surface area (Å²) >= 11 is -2.43. The molecule has 0 saturated carbocycles. The molecule has 158 valence electrons. The third-order valence-electron chi connectivity index (χ3n) is 3.28. The summed E-state index contributed by atoms with van der Waals surface area (Å²) in [4.78, 5) is 22.9. The molecule has 10 N–H and O–H groups in total. The predicted octanol–water partition coefficient (Wildman–Crippen LogP) is -7.52. The molecule has 27 heavy (non-hydrogen) atoms. The van der Waals surface area contributed by atoms with Gasteiger partial charge in [-0.3, -0.25) is 0 Å². The fraction of sp³-hybridized carbons (Fsp3) is 0.833. The standard InChI is InChI=1S/C12H22GeO14/c14-1-3(16)5(18)7(20)9(22)11(24)26-13-27-12(25)10(23)8(21)6(19)4(17)2-15/h3-10,14-23H,1-2H2/t3-,4-,5-,6-,7+,8+,9-,10-/m1/s1. The Labute approximate surface area is 159 Å². The van der Waals surface area contributed by atoms with Gasteiger partial charge in [0.2, 0.25) is 0 Å². The van der Waals surface area contributed by atoms with Crippen LogP contribution in [0.15, 0.2) is 0 Å². The van der Waals surface area contributed by atoms with Gasteiger partial charge in [-0.1, -0.05) is 0 Å². The van der Waals surface area contributed by atoms with Gasteiger partial charge in [0.15, 0.2) is 0 Å². The van der Waals surface area contributed by atoms with Gasteiger partial charge in [-0.05, 0) is 0 Å². The van der Waals surface area contributed by atoms with E-state index in [9.17, 15) is 40.2 Å². The van der Waals surface area contributed by atoms with E-state index in [1.165, 1.54) is 0 Å². The molecule has 0 fully saturated rings. The zero-order valence-electron chi connectivity index (χ0n) is 13.6. The van der Waals surface area contributed by atoms with E-state index in [0.717, 1.165) is 0 Å². The van der Waals surface area contributed by atoms with E-state index >= 15 is 0 Å². The maximum atomic E-state index is 11.5. The molecule has 15 heteroatoms. The molecule has 0 amide bonds. The first kappa shape index (κ1) is 26.1. The molecule has 0 aliphatic heterocycles. The maximum absolute atomic E-state index is 11.5. The first-order chi connectivity index (χ1) is 12.5. The molecule has 2 radical (unpaired) electrons. The minimum absolute atomic E-state index is 0.970. The zero-order chi connectivity index (χ0) is 21.3. The van der Waals surface area contributed by atoms with Gasteiger partial charge in [0.05, 0.1) is 0 Å². The van der Waals surface area contributed by atoms with Crippen LogP contribution in [0.2, 0.25) is 0 Å². The molecule has 0 rings (SSSR count). The monoisotopic (exact) mass is 464 g/mol. The fourth-order valence-electron chi connectivity index (χ4n) is 1.55. The van der Waals surface area contributed by atoms with Crippen LogP contribution >= 0.6 is 0 Å². The quantitative estimate of drug-likeness (QED) is 0.121. The molecule has 14 nitrogen and oxygen atoms in total. The van der Waals surface area contributed by atoms with Crippen LogP contribution in [0.1, 0.15) is 0 Å². The first-order valence-corrected chi connectivity index (χ1v) is 9.03. The van der Waals surface area contributed by atoms with Gasteiger partial charge in [0.25, 0.3) is 0 Å². The molecule has 0 heterocycles. The van der Waals surface area contributed by atoms with Gasteiger partial charge in [-0.2, -0.15) is 0 Å². The van der Waals surface area contributed by atoms with Crippen molar-refractivity contribution in [3.8, 4) is 0 Å². The van der Waals surface area contributed by atoms with Crippen LogP contribution in [0.25, 0.3) is 0 Å². The van der Waals surface area contributed by atoms with Crippen LogP contribution in [0.5, 0.6) is 0 Å². The van der Waals surface area contributed by atoms with Gasteiger partial charge in [-0.15, -0.1) is 0 Å². The van der Waals surface area contributed by atoms with Crippen LogP contribution in [0.4, 0.5) is 0 Å². The Hall–Kier alpha value is -0.917. The molecular formula is C12H22GeO14. The van der Waals surface area contributed by atoms with Crippen LogP contribution < -0.4 is 0 Å². The minimum atomic E-state index is -2.43. The molecule has 0 spiro atoms. The van der Waals surface area contributed by atoms with Crippen molar-refractivity contribution in [3.05, 3.63) is 0 Å². The van der Waals surface area contributed by atoms with Crippen LogP contribution in [0.3, 0.4) is 0 Å². The van der Waals surface area contributed by atoms with Crippen molar-refractivity contribution >= 4 is 28.0 Å². The molecule has 0 aromatic rings. The van der Waals surface area contributed by atoms with Crippen molar-refractivity contribution in [2.24, 2.45) is 0 Å². The summed E-state index contributed by atoms with van der Waals surface area (Å²) in [6.07, 6.45) is -17.1. The number of carbonyl (C=O) groups is 2. The Kier molecular flexibility index (Phi) is 12.1. The topological polar surface area (TPSA) is 255 Å². The van der Waals surface area contributed by atoms with Crippen molar-refractivity contribution in [2.45, 2.75) is 48.8 Å². The summed E-state index contributed by atoms with van der Waals surface area (Å²) in [7, 11) is 0. The van der Waals surface area contributed by atoms with Crippen LogP contribution in [0, 0.1) is 0 Å². The number of rotatable bonds is 12. The van der Waals surface area contributed by atoms with E-state index in [2.05, 4.69) is 7.53 Å². The van der Waals surface area contributed by atoms with Gasteiger partial charge < -0.3 is 0 Å². The van der Waals surface area contributed by atoms with Gasteiger partial charge in [0, 0.05) is 0 Å². The Morgan fingerprint density at radius 3 is 1.19 bits per heavy atom. The van der Waals surface area contributed by atoms with Crippen LogP contribution in [-0.2, 0) is 17.1 Å². The number of aliphatic hydroxyl groups excluding tert-OH is 10. The van der Waals surface area contributed by atoms with Gasteiger partial charge in [0.1, 0.15) is 0 Å². The third kappa shape index (κ3) is 7.92. The number of carbonyl (C=O) groups excluding carboxylic acids is 2. The first-order valence-electron chi connectivity index (χ1n) is 7.32. The Morgan fingerprint density at radius 1 is 0.630 bits per heavy atom. The fourth-order valence-corrected chi connectivity index (χ4v) is 2.49. The molecule has 0 aliphatic rings. The number of aliphatic hydroxyl groups is 10. The Bertz CT molecular complexity index is 423. The van der Waals surface area contributed by atoms with E-state index in [0.29, 0.717) is 0 Å². The second-order valence-electron chi connectivity index (χ2n) is 5.28. The number of hydrogen-bond acceptors (Lipinski definition) is 14. The molecule has 0 saturated heterocycles. The normalized spacial score (nSPS) is 20.5. The van der Waals surface area contributed by atoms with Crippen molar-refractivity contribution in [2.75, 3.05) is 13.2 Å². The van der Waals surface area contributed by atoms with Crippen LogP contribution in [-0.4, -0.2) is 141 Å². The SMILES string of the molecule is O=C([O][Ge][O]C(=O)[C@H](O)[C@@H](O)[C@H](O)[C@H](O)CO)[C@H](O)[C@@H](O)[C@H](O)[C@H](O)CO. The summed E-state index contributed by atoms with van der Waals surface area (Å²) in [5.41, 5.74) is 0. The van der Waals surface area contributed by atoms with Crippen molar-refractivity contribution in [1.82, 2.24) is 0 Å². The number of hydrogen-bond donors (Lipinski definition) is 10. The molecule has 0 bridgehead atoms. The summed E-state index contributed by atoms with van der Waals surface area (Å²) in [6, 6.07) is 0. The average Bonchev–Trinajstić information content (AvgIpc) is 2.68. The second-order valence-corrected chi connectivity index (χ2v) is 6.48. The Morgan fingerprint density at radius 2 is 0.926 bits per heavy atom.